The molecule has 0 aromatic heterocycles. The van der Waals surface area contributed by atoms with E-state index in [9.17, 15) is 14.7 Å². The first-order valence-corrected chi connectivity index (χ1v) is 12.9. The topological polar surface area (TPSA) is 88.5 Å². The SMILES string of the molecule is CCOc1cccc(/C(O)=C2\C(=O)C(=O)N(CCCN(CC)CC)C2c2ccc(OCC)c(OC)c2)c1. The lowest BCUT2D eigenvalue weighted by Crippen LogP contribution is -2.33. The van der Waals surface area contributed by atoms with Gasteiger partial charge in [0.15, 0.2) is 11.5 Å². The number of aliphatic hydroxyl groups is 1. The van der Waals surface area contributed by atoms with E-state index in [1.54, 1.807) is 48.4 Å². The summed E-state index contributed by atoms with van der Waals surface area (Å²) in [6.07, 6.45) is 0.694. The Morgan fingerprint density at radius 2 is 1.70 bits per heavy atom. The number of likely N-dealkylation sites (tertiary alicyclic amines) is 1. The standard InChI is InChI=1S/C29H38N2O6/c1-6-30(7-2)16-11-17-31-26(20-14-15-23(37-9-4)24(19-20)35-5)25(28(33)29(31)34)27(32)21-12-10-13-22(18-21)36-8-3/h10,12-15,18-19,26,32H,6-9,11,16-17H2,1-5H3/b27-25+. The van der Waals surface area contributed by atoms with E-state index in [0.29, 0.717) is 54.6 Å². The Hall–Kier alpha value is -3.52. The summed E-state index contributed by atoms with van der Waals surface area (Å²) >= 11 is 0. The van der Waals surface area contributed by atoms with Crippen LogP contribution in [0.1, 0.15) is 51.3 Å². The van der Waals surface area contributed by atoms with E-state index >= 15 is 0 Å². The van der Waals surface area contributed by atoms with Crippen molar-refractivity contribution in [3.63, 3.8) is 0 Å². The molecule has 8 heteroatoms. The van der Waals surface area contributed by atoms with Gasteiger partial charge in [-0.2, -0.15) is 0 Å². The number of rotatable bonds is 13. The van der Waals surface area contributed by atoms with Gasteiger partial charge in [0.25, 0.3) is 11.7 Å². The van der Waals surface area contributed by atoms with Crippen LogP contribution in [0.15, 0.2) is 48.0 Å². The molecule has 200 valence electrons. The minimum absolute atomic E-state index is 0.0488. The maximum atomic E-state index is 13.4. The molecule has 1 aliphatic rings. The number of nitrogens with zero attached hydrogens (tertiary/aromatic N) is 2. The molecule has 1 fully saturated rings. The fourth-order valence-electron chi connectivity index (χ4n) is 4.65. The van der Waals surface area contributed by atoms with Crippen LogP contribution in [0.25, 0.3) is 5.76 Å². The number of ether oxygens (including phenoxy) is 3. The van der Waals surface area contributed by atoms with E-state index in [4.69, 9.17) is 14.2 Å². The largest absolute Gasteiger partial charge is 0.507 e. The second-order valence-electron chi connectivity index (χ2n) is 8.68. The molecule has 0 saturated carbocycles. The second kappa shape index (κ2) is 13.1. The fourth-order valence-corrected chi connectivity index (χ4v) is 4.65. The third kappa shape index (κ3) is 6.25. The molecule has 2 aromatic rings. The zero-order chi connectivity index (χ0) is 26.9. The molecular formula is C29H38N2O6. The summed E-state index contributed by atoms with van der Waals surface area (Å²) in [6, 6.07) is 11.5. The molecule has 1 saturated heterocycles. The van der Waals surface area contributed by atoms with E-state index in [2.05, 4.69) is 18.7 Å². The Bertz CT molecular complexity index is 1130. The quantitative estimate of drug-likeness (QED) is 0.238. The summed E-state index contributed by atoms with van der Waals surface area (Å²) in [7, 11) is 1.54. The molecule has 1 amide bonds. The fraction of sp³-hybridized carbons (Fsp3) is 0.448. The Morgan fingerprint density at radius 3 is 2.35 bits per heavy atom. The maximum absolute atomic E-state index is 13.4. The lowest BCUT2D eigenvalue weighted by atomic mass is 9.95. The number of amides is 1. The lowest BCUT2D eigenvalue weighted by molar-refractivity contribution is -0.140. The molecule has 3 rings (SSSR count). The molecule has 8 nitrogen and oxygen atoms in total. The van der Waals surface area contributed by atoms with Crippen LogP contribution in [0.3, 0.4) is 0 Å². The summed E-state index contributed by atoms with van der Waals surface area (Å²) in [4.78, 5) is 30.5. The number of ketones is 1. The molecule has 1 atom stereocenters. The average molecular weight is 511 g/mol. The van der Waals surface area contributed by atoms with Crippen molar-refractivity contribution in [3.8, 4) is 17.2 Å². The highest BCUT2D eigenvalue weighted by Gasteiger charge is 2.46. The molecule has 37 heavy (non-hydrogen) atoms. The zero-order valence-corrected chi connectivity index (χ0v) is 22.5. The summed E-state index contributed by atoms with van der Waals surface area (Å²) in [6.45, 7) is 11.9. The number of carbonyl (C=O) groups excluding carboxylic acids is 2. The van der Waals surface area contributed by atoms with Crippen molar-refractivity contribution in [2.24, 2.45) is 0 Å². The van der Waals surface area contributed by atoms with E-state index in [1.165, 1.54) is 0 Å². The van der Waals surface area contributed by atoms with E-state index < -0.39 is 17.7 Å². The summed E-state index contributed by atoms with van der Waals surface area (Å²) in [5, 5.41) is 11.4. The number of benzene rings is 2. The Labute approximate surface area is 219 Å². The Kier molecular flexibility index (Phi) is 9.97. The number of carbonyl (C=O) groups is 2. The van der Waals surface area contributed by atoms with Crippen molar-refractivity contribution in [3.05, 3.63) is 59.2 Å². The van der Waals surface area contributed by atoms with Crippen molar-refractivity contribution < 1.29 is 28.9 Å². The third-order valence-corrected chi connectivity index (χ3v) is 6.53. The van der Waals surface area contributed by atoms with Gasteiger partial charge in [-0.3, -0.25) is 9.59 Å². The monoisotopic (exact) mass is 510 g/mol. The highest BCUT2D eigenvalue weighted by molar-refractivity contribution is 6.46. The van der Waals surface area contributed by atoms with Gasteiger partial charge in [0.05, 0.1) is 31.9 Å². The summed E-state index contributed by atoms with van der Waals surface area (Å²) in [5.41, 5.74) is 1.12. The van der Waals surface area contributed by atoms with Gasteiger partial charge in [0.1, 0.15) is 11.5 Å². The predicted molar refractivity (Wildman–Crippen MR) is 143 cm³/mol. The first-order valence-electron chi connectivity index (χ1n) is 12.9. The number of hydrogen-bond acceptors (Lipinski definition) is 7. The predicted octanol–water partition coefficient (Wildman–Crippen LogP) is 4.65. The van der Waals surface area contributed by atoms with Crippen molar-refractivity contribution in [2.45, 2.75) is 40.2 Å². The smallest absolute Gasteiger partial charge is 0.295 e. The third-order valence-electron chi connectivity index (χ3n) is 6.53. The van der Waals surface area contributed by atoms with Gasteiger partial charge >= 0.3 is 0 Å². The number of aliphatic hydroxyl groups excluding tert-OH is 1. The van der Waals surface area contributed by atoms with Crippen molar-refractivity contribution >= 4 is 17.4 Å². The average Bonchev–Trinajstić information content (AvgIpc) is 3.16. The van der Waals surface area contributed by atoms with Crippen LogP contribution in [0.4, 0.5) is 0 Å². The molecule has 0 spiro atoms. The molecular weight excluding hydrogens is 472 g/mol. The van der Waals surface area contributed by atoms with Crippen molar-refractivity contribution in [1.29, 1.82) is 0 Å². The minimum atomic E-state index is -0.767. The van der Waals surface area contributed by atoms with Crippen LogP contribution in [0.5, 0.6) is 17.2 Å². The summed E-state index contributed by atoms with van der Waals surface area (Å²) < 4.78 is 16.8. The Morgan fingerprint density at radius 1 is 0.973 bits per heavy atom. The van der Waals surface area contributed by atoms with Crippen molar-refractivity contribution in [2.75, 3.05) is 46.5 Å². The molecule has 0 radical (unpaired) electrons. The minimum Gasteiger partial charge on any atom is -0.507 e. The highest BCUT2D eigenvalue weighted by Crippen LogP contribution is 2.42. The van der Waals surface area contributed by atoms with Gasteiger partial charge < -0.3 is 29.1 Å². The van der Waals surface area contributed by atoms with Crippen LogP contribution >= 0.6 is 0 Å². The van der Waals surface area contributed by atoms with E-state index in [1.807, 2.05) is 19.9 Å². The van der Waals surface area contributed by atoms with Gasteiger partial charge in [-0.05, 0) is 69.7 Å². The number of methoxy groups -OCH3 is 1. The number of Topliss-reactive ketones (excluding diaryl/α,β-unsaturated/α-hetero) is 1. The van der Waals surface area contributed by atoms with Crippen LogP contribution in [-0.4, -0.2) is 73.1 Å². The molecule has 2 aromatic carbocycles. The zero-order valence-electron chi connectivity index (χ0n) is 22.5. The van der Waals surface area contributed by atoms with Gasteiger partial charge in [-0.1, -0.05) is 32.0 Å². The Balaban J connectivity index is 2.10. The van der Waals surface area contributed by atoms with Crippen LogP contribution < -0.4 is 14.2 Å². The maximum Gasteiger partial charge on any atom is 0.295 e. The van der Waals surface area contributed by atoms with Gasteiger partial charge in [-0.25, -0.2) is 0 Å². The molecule has 0 bridgehead atoms. The first-order chi connectivity index (χ1) is 17.9. The molecule has 0 aliphatic carbocycles. The van der Waals surface area contributed by atoms with Gasteiger partial charge in [0.2, 0.25) is 0 Å². The van der Waals surface area contributed by atoms with Crippen molar-refractivity contribution in [1.82, 2.24) is 9.80 Å². The molecule has 1 unspecified atom stereocenters. The molecule has 1 heterocycles. The van der Waals surface area contributed by atoms with Crippen LogP contribution in [0, 0.1) is 0 Å². The van der Waals surface area contributed by atoms with Crippen LogP contribution in [-0.2, 0) is 9.59 Å². The van der Waals surface area contributed by atoms with Gasteiger partial charge in [0, 0.05) is 12.1 Å². The van der Waals surface area contributed by atoms with E-state index in [-0.39, 0.29) is 11.3 Å². The molecule has 1 aliphatic heterocycles. The van der Waals surface area contributed by atoms with Crippen LogP contribution in [0.2, 0.25) is 0 Å². The lowest BCUT2D eigenvalue weighted by Gasteiger charge is -2.27. The number of hydrogen-bond donors (Lipinski definition) is 1. The first kappa shape index (κ1) is 28.1. The summed E-state index contributed by atoms with van der Waals surface area (Å²) in [5.74, 6) is 0.0614. The second-order valence-corrected chi connectivity index (χ2v) is 8.68. The van der Waals surface area contributed by atoms with E-state index in [0.717, 1.165) is 19.6 Å². The normalized spacial score (nSPS) is 16.9. The van der Waals surface area contributed by atoms with Gasteiger partial charge in [-0.15, -0.1) is 0 Å². The highest BCUT2D eigenvalue weighted by atomic mass is 16.5. The molecule has 1 N–H and O–H groups in total.